The molecule has 0 aromatic rings. The highest BCUT2D eigenvalue weighted by atomic mass is 16.5. The van der Waals surface area contributed by atoms with E-state index in [9.17, 15) is 0 Å². The third kappa shape index (κ3) is 3.30. The fourth-order valence-electron chi connectivity index (χ4n) is 5.05. The van der Waals surface area contributed by atoms with E-state index in [1.54, 1.807) is 0 Å². The van der Waals surface area contributed by atoms with Crippen LogP contribution in [0.1, 0.15) is 65.2 Å². The maximum absolute atomic E-state index is 6.03. The zero-order valence-electron chi connectivity index (χ0n) is 14.1. The standard InChI is InChI=1S/C18H34N2O/c1-3-21-17-13-16(18(17)9-5-6-10-18)19-15(2)14-20-11-7-4-8-12-20/h15-17,19H,3-14H2,1-2H3. The van der Waals surface area contributed by atoms with E-state index in [1.807, 2.05) is 0 Å². The molecule has 3 rings (SSSR count). The molecule has 1 heterocycles. The highest BCUT2D eigenvalue weighted by Crippen LogP contribution is 2.54. The largest absolute Gasteiger partial charge is 0.378 e. The minimum Gasteiger partial charge on any atom is -0.378 e. The van der Waals surface area contributed by atoms with Gasteiger partial charge in [-0.15, -0.1) is 0 Å². The number of likely N-dealkylation sites (tertiary alicyclic amines) is 1. The number of rotatable bonds is 6. The summed E-state index contributed by atoms with van der Waals surface area (Å²) in [6.45, 7) is 9.24. The number of hydrogen-bond acceptors (Lipinski definition) is 3. The highest BCUT2D eigenvalue weighted by molar-refractivity contribution is 5.10. The van der Waals surface area contributed by atoms with Crippen LogP contribution in [-0.4, -0.2) is 49.3 Å². The summed E-state index contributed by atoms with van der Waals surface area (Å²) < 4.78 is 6.03. The lowest BCUT2D eigenvalue weighted by Gasteiger charge is -2.55. The third-order valence-corrected chi connectivity index (χ3v) is 6.15. The zero-order chi connectivity index (χ0) is 14.7. The van der Waals surface area contributed by atoms with E-state index in [4.69, 9.17) is 4.74 Å². The summed E-state index contributed by atoms with van der Waals surface area (Å²) in [6, 6.07) is 1.32. The van der Waals surface area contributed by atoms with Crippen molar-refractivity contribution in [1.82, 2.24) is 10.2 Å². The van der Waals surface area contributed by atoms with Crippen LogP contribution in [-0.2, 0) is 4.74 Å². The summed E-state index contributed by atoms with van der Waals surface area (Å²) in [4.78, 5) is 2.65. The van der Waals surface area contributed by atoms with E-state index < -0.39 is 0 Å². The molecule has 0 aromatic carbocycles. The number of ether oxygens (including phenoxy) is 1. The van der Waals surface area contributed by atoms with E-state index in [2.05, 4.69) is 24.1 Å². The van der Waals surface area contributed by atoms with Gasteiger partial charge < -0.3 is 15.0 Å². The lowest BCUT2D eigenvalue weighted by molar-refractivity contribution is -0.132. The fraction of sp³-hybridized carbons (Fsp3) is 1.00. The van der Waals surface area contributed by atoms with Gasteiger partial charge in [0.2, 0.25) is 0 Å². The Hall–Kier alpha value is -0.120. The van der Waals surface area contributed by atoms with Crippen molar-refractivity contribution in [3.63, 3.8) is 0 Å². The van der Waals surface area contributed by atoms with Crippen molar-refractivity contribution in [2.45, 2.75) is 83.4 Å². The maximum Gasteiger partial charge on any atom is 0.0661 e. The minimum absolute atomic E-state index is 0.478. The molecule has 0 amide bonds. The van der Waals surface area contributed by atoms with Gasteiger partial charge in [0.05, 0.1) is 6.10 Å². The monoisotopic (exact) mass is 294 g/mol. The SMILES string of the molecule is CCOC1CC(NC(C)CN2CCCCC2)C12CCCC2. The first-order valence-corrected chi connectivity index (χ1v) is 9.34. The molecule has 1 N–H and O–H groups in total. The first-order chi connectivity index (χ1) is 10.2. The molecule has 3 aliphatic rings. The number of nitrogens with one attached hydrogen (secondary N) is 1. The van der Waals surface area contributed by atoms with Crippen LogP contribution >= 0.6 is 0 Å². The molecule has 2 saturated carbocycles. The maximum atomic E-state index is 6.03. The zero-order valence-corrected chi connectivity index (χ0v) is 14.1. The van der Waals surface area contributed by atoms with Gasteiger partial charge in [-0.3, -0.25) is 0 Å². The second kappa shape index (κ2) is 6.97. The van der Waals surface area contributed by atoms with Crippen molar-refractivity contribution in [3.8, 4) is 0 Å². The summed E-state index contributed by atoms with van der Waals surface area (Å²) in [5, 5.41) is 3.96. The van der Waals surface area contributed by atoms with Crippen molar-refractivity contribution in [3.05, 3.63) is 0 Å². The van der Waals surface area contributed by atoms with Crippen LogP contribution in [0.2, 0.25) is 0 Å². The molecule has 3 fully saturated rings. The van der Waals surface area contributed by atoms with Gasteiger partial charge in [0, 0.05) is 30.7 Å². The molecule has 122 valence electrons. The van der Waals surface area contributed by atoms with E-state index in [0.29, 0.717) is 23.6 Å². The topological polar surface area (TPSA) is 24.5 Å². The van der Waals surface area contributed by atoms with Crippen molar-refractivity contribution in [1.29, 1.82) is 0 Å². The van der Waals surface area contributed by atoms with Gasteiger partial charge in [-0.25, -0.2) is 0 Å². The summed E-state index contributed by atoms with van der Waals surface area (Å²) in [6.07, 6.45) is 11.6. The molecular formula is C18H34N2O. The van der Waals surface area contributed by atoms with Crippen LogP contribution in [0.3, 0.4) is 0 Å². The van der Waals surface area contributed by atoms with Crippen molar-refractivity contribution in [2.75, 3.05) is 26.2 Å². The second-order valence-electron chi connectivity index (χ2n) is 7.60. The lowest BCUT2D eigenvalue weighted by Crippen LogP contribution is -2.65. The molecule has 3 atom stereocenters. The first-order valence-electron chi connectivity index (χ1n) is 9.34. The van der Waals surface area contributed by atoms with Gasteiger partial charge in [-0.1, -0.05) is 19.3 Å². The molecule has 2 aliphatic carbocycles. The first kappa shape index (κ1) is 15.8. The Morgan fingerprint density at radius 1 is 1.14 bits per heavy atom. The average molecular weight is 294 g/mol. The van der Waals surface area contributed by atoms with Gasteiger partial charge >= 0.3 is 0 Å². The summed E-state index contributed by atoms with van der Waals surface area (Å²) in [5.41, 5.74) is 0.478. The Morgan fingerprint density at radius 2 is 1.86 bits per heavy atom. The van der Waals surface area contributed by atoms with Gasteiger partial charge in [-0.2, -0.15) is 0 Å². The van der Waals surface area contributed by atoms with Gasteiger partial charge in [0.15, 0.2) is 0 Å². The third-order valence-electron chi connectivity index (χ3n) is 6.15. The summed E-state index contributed by atoms with van der Waals surface area (Å²) in [7, 11) is 0. The van der Waals surface area contributed by atoms with Gasteiger partial charge in [0.1, 0.15) is 0 Å². The van der Waals surface area contributed by atoms with Crippen LogP contribution in [0, 0.1) is 5.41 Å². The van der Waals surface area contributed by atoms with E-state index in [1.165, 1.54) is 71.0 Å². The van der Waals surface area contributed by atoms with Crippen LogP contribution in [0.25, 0.3) is 0 Å². The number of hydrogen-bond donors (Lipinski definition) is 1. The predicted molar refractivity (Wildman–Crippen MR) is 87.6 cm³/mol. The molecule has 3 unspecified atom stereocenters. The average Bonchev–Trinajstić information content (AvgIpc) is 3.00. The molecule has 1 saturated heterocycles. The molecule has 21 heavy (non-hydrogen) atoms. The molecule has 3 heteroatoms. The normalized spacial score (nSPS) is 34.0. The Kier molecular flexibility index (Phi) is 5.23. The molecule has 0 radical (unpaired) electrons. The summed E-state index contributed by atoms with van der Waals surface area (Å²) >= 11 is 0. The Labute approximate surface area is 130 Å². The minimum atomic E-state index is 0.478. The number of piperidine rings is 1. The van der Waals surface area contributed by atoms with Gasteiger partial charge in [0.25, 0.3) is 0 Å². The van der Waals surface area contributed by atoms with E-state index in [-0.39, 0.29) is 0 Å². The lowest BCUT2D eigenvalue weighted by atomic mass is 9.60. The van der Waals surface area contributed by atoms with Crippen LogP contribution in [0.5, 0.6) is 0 Å². The second-order valence-corrected chi connectivity index (χ2v) is 7.60. The summed E-state index contributed by atoms with van der Waals surface area (Å²) in [5.74, 6) is 0. The quantitative estimate of drug-likeness (QED) is 0.814. The van der Waals surface area contributed by atoms with Gasteiger partial charge in [-0.05, 0) is 59.0 Å². The molecular weight excluding hydrogens is 260 g/mol. The Balaban J connectivity index is 1.50. The highest BCUT2D eigenvalue weighted by Gasteiger charge is 2.56. The van der Waals surface area contributed by atoms with E-state index in [0.717, 1.165) is 6.61 Å². The van der Waals surface area contributed by atoms with Crippen LogP contribution in [0.4, 0.5) is 0 Å². The smallest absolute Gasteiger partial charge is 0.0661 e. The van der Waals surface area contributed by atoms with E-state index >= 15 is 0 Å². The van der Waals surface area contributed by atoms with Crippen molar-refractivity contribution in [2.24, 2.45) is 5.41 Å². The molecule has 3 nitrogen and oxygen atoms in total. The van der Waals surface area contributed by atoms with Crippen LogP contribution in [0.15, 0.2) is 0 Å². The Morgan fingerprint density at radius 3 is 2.52 bits per heavy atom. The predicted octanol–water partition coefficient (Wildman–Crippen LogP) is 3.19. The Bertz CT molecular complexity index is 321. The van der Waals surface area contributed by atoms with Crippen LogP contribution < -0.4 is 5.32 Å². The molecule has 0 aromatic heterocycles. The number of nitrogens with zero attached hydrogens (tertiary/aromatic N) is 1. The van der Waals surface area contributed by atoms with Crippen molar-refractivity contribution < 1.29 is 4.74 Å². The molecule has 1 aliphatic heterocycles. The molecule has 1 spiro atoms. The molecule has 0 bridgehead atoms. The van der Waals surface area contributed by atoms with Crippen molar-refractivity contribution >= 4 is 0 Å². The fourth-order valence-corrected chi connectivity index (χ4v) is 5.05.